The Balaban J connectivity index is 1.80. The Morgan fingerprint density at radius 3 is 2.62 bits per heavy atom. The fourth-order valence-corrected chi connectivity index (χ4v) is 6.05. The average Bonchev–Trinajstić information content (AvgIpc) is 2.92. The van der Waals surface area contributed by atoms with Crippen molar-refractivity contribution < 1.29 is 0 Å². The number of thioether (sulfide) groups is 1. The van der Waals surface area contributed by atoms with Gasteiger partial charge in [0.2, 0.25) is 0 Å². The lowest BCUT2D eigenvalue weighted by molar-refractivity contribution is 0.332. The van der Waals surface area contributed by atoms with Gasteiger partial charge in [-0.15, -0.1) is 11.8 Å². The van der Waals surface area contributed by atoms with Crippen molar-refractivity contribution in [2.24, 2.45) is 0 Å². The summed E-state index contributed by atoms with van der Waals surface area (Å²) in [5, 5.41) is 2.59. The van der Waals surface area contributed by atoms with Gasteiger partial charge in [-0.1, -0.05) is 72.9 Å². The second-order valence-electron chi connectivity index (χ2n) is 6.41. The quantitative estimate of drug-likeness (QED) is 0.559. The van der Waals surface area contributed by atoms with Crippen LogP contribution in [0.3, 0.4) is 0 Å². The average molecular weight is 348 g/mol. The molecule has 1 atom stereocenters. The van der Waals surface area contributed by atoms with E-state index in [0.29, 0.717) is 0 Å². The molecule has 0 aromatic heterocycles. The maximum absolute atomic E-state index is 5.85. The third-order valence-electron chi connectivity index (χ3n) is 5.13. The molecule has 3 aromatic carbocycles. The van der Waals surface area contributed by atoms with E-state index in [1.165, 1.54) is 39.6 Å². The first-order valence-corrected chi connectivity index (χ1v) is 9.75. The van der Waals surface area contributed by atoms with E-state index in [2.05, 4.69) is 71.6 Å². The van der Waals surface area contributed by atoms with Crippen LogP contribution in [-0.4, -0.2) is 22.2 Å². The summed E-state index contributed by atoms with van der Waals surface area (Å²) >= 11 is 7.88. The van der Waals surface area contributed by atoms with E-state index in [1.54, 1.807) is 0 Å². The van der Waals surface area contributed by atoms with Crippen molar-refractivity contribution >= 4 is 39.7 Å². The highest BCUT2D eigenvalue weighted by atomic mass is 32.2. The molecule has 1 nitrogen and oxygen atoms in total. The molecule has 0 saturated carbocycles. The van der Waals surface area contributed by atoms with E-state index in [1.807, 2.05) is 11.8 Å². The molecule has 0 amide bonds. The van der Waals surface area contributed by atoms with Crippen LogP contribution in [0, 0.1) is 0 Å². The zero-order valence-corrected chi connectivity index (χ0v) is 14.9. The number of rotatable bonds is 1. The molecule has 2 aliphatic rings. The SMILES string of the molecule is S=C1c2ccccc2C2(c3ccc4ccccc4c3)SCCCN12. The van der Waals surface area contributed by atoms with Gasteiger partial charge in [0.15, 0.2) is 0 Å². The molecule has 3 aromatic rings. The van der Waals surface area contributed by atoms with Crippen LogP contribution in [0.25, 0.3) is 10.8 Å². The molecule has 0 N–H and O–H groups in total. The van der Waals surface area contributed by atoms with Crippen LogP contribution in [0.1, 0.15) is 23.1 Å². The van der Waals surface area contributed by atoms with E-state index in [0.717, 1.165) is 11.5 Å². The van der Waals surface area contributed by atoms with Crippen LogP contribution in [0.2, 0.25) is 0 Å². The number of hydrogen-bond acceptors (Lipinski definition) is 2. The Morgan fingerprint density at radius 1 is 0.917 bits per heavy atom. The molecule has 1 fully saturated rings. The van der Waals surface area contributed by atoms with Gasteiger partial charge in [-0.2, -0.15) is 0 Å². The smallest absolute Gasteiger partial charge is 0.139 e. The molecular formula is C21H17NS2. The first-order chi connectivity index (χ1) is 11.8. The van der Waals surface area contributed by atoms with E-state index in [4.69, 9.17) is 12.2 Å². The topological polar surface area (TPSA) is 3.24 Å². The van der Waals surface area contributed by atoms with E-state index >= 15 is 0 Å². The number of benzene rings is 3. The summed E-state index contributed by atoms with van der Waals surface area (Å²) in [6.07, 6.45) is 1.19. The maximum Gasteiger partial charge on any atom is 0.139 e. The number of nitrogens with zero attached hydrogens (tertiary/aromatic N) is 1. The van der Waals surface area contributed by atoms with Gasteiger partial charge in [0.25, 0.3) is 0 Å². The second-order valence-corrected chi connectivity index (χ2v) is 8.08. The Labute approximate surface area is 151 Å². The third kappa shape index (κ3) is 1.86. The van der Waals surface area contributed by atoms with Gasteiger partial charge in [0.05, 0.1) is 0 Å². The van der Waals surface area contributed by atoms with Gasteiger partial charge in [-0.25, -0.2) is 0 Å². The summed E-state index contributed by atoms with van der Waals surface area (Å²) in [6.45, 7) is 1.04. The lowest BCUT2D eigenvalue weighted by Gasteiger charge is -2.43. The first-order valence-electron chi connectivity index (χ1n) is 8.35. The molecule has 3 heteroatoms. The van der Waals surface area contributed by atoms with Crippen LogP contribution < -0.4 is 0 Å². The van der Waals surface area contributed by atoms with Gasteiger partial charge in [-0.05, 0) is 34.6 Å². The molecule has 0 bridgehead atoms. The van der Waals surface area contributed by atoms with Crippen molar-refractivity contribution in [3.8, 4) is 0 Å². The molecule has 118 valence electrons. The molecular weight excluding hydrogens is 330 g/mol. The van der Waals surface area contributed by atoms with Crippen molar-refractivity contribution in [1.82, 2.24) is 4.90 Å². The highest BCUT2D eigenvalue weighted by molar-refractivity contribution is 8.00. The highest BCUT2D eigenvalue weighted by Gasteiger charge is 2.50. The predicted molar refractivity (Wildman–Crippen MR) is 107 cm³/mol. The van der Waals surface area contributed by atoms with Gasteiger partial charge in [-0.3, -0.25) is 0 Å². The minimum atomic E-state index is -0.157. The minimum absolute atomic E-state index is 0.157. The lowest BCUT2D eigenvalue weighted by atomic mass is 9.94. The maximum atomic E-state index is 5.85. The van der Waals surface area contributed by atoms with Gasteiger partial charge in [0.1, 0.15) is 9.86 Å². The molecule has 2 heterocycles. The minimum Gasteiger partial charge on any atom is -0.340 e. The Bertz CT molecular complexity index is 965. The van der Waals surface area contributed by atoms with Crippen LogP contribution in [0.4, 0.5) is 0 Å². The van der Waals surface area contributed by atoms with Gasteiger partial charge >= 0.3 is 0 Å². The van der Waals surface area contributed by atoms with Crippen molar-refractivity contribution in [2.45, 2.75) is 11.3 Å². The number of hydrogen-bond donors (Lipinski definition) is 0. The third-order valence-corrected chi connectivity index (χ3v) is 7.15. The molecule has 0 radical (unpaired) electrons. The lowest BCUT2D eigenvalue weighted by Crippen LogP contribution is -2.45. The molecule has 24 heavy (non-hydrogen) atoms. The highest BCUT2D eigenvalue weighted by Crippen LogP contribution is 2.54. The van der Waals surface area contributed by atoms with Crippen molar-refractivity contribution in [3.05, 3.63) is 83.4 Å². The molecule has 0 aliphatic carbocycles. The Kier molecular flexibility index (Phi) is 3.22. The summed E-state index contributed by atoms with van der Waals surface area (Å²) in [5.74, 6) is 1.17. The van der Waals surface area contributed by atoms with Crippen LogP contribution in [0.5, 0.6) is 0 Å². The fraction of sp³-hybridized carbons (Fsp3) is 0.190. The zero-order chi connectivity index (χ0) is 16.1. The van der Waals surface area contributed by atoms with Gasteiger partial charge < -0.3 is 4.90 Å². The standard InChI is InChI=1S/C21H17NS2/c23-20-18-8-3-4-9-19(18)21(22(20)12-5-13-24-21)17-11-10-15-6-1-2-7-16(15)14-17/h1-4,6-11,14H,5,12-13H2. The normalized spacial score (nSPS) is 22.5. The van der Waals surface area contributed by atoms with Crippen molar-refractivity contribution in [3.63, 3.8) is 0 Å². The summed E-state index contributed by atoms with van der Waals surface area (Å²) in [6, 6.07) is 24.2. The van der Waals surface area contributed by atoms with Crippen molar-refractivity contribution in [1.29, 1.82) is 0 Å². The van der Waals surface area contributed by atoms with Crippen molar-refractivity contribution in [2.75, 3.05) is 12.3 Å². The van der Waals surface area contributed by atoms with Crippen LogP contribution in [0.15, 0.2) is 66.7 Å². The zero-order valence-electron chi connectivity index (χ0n) is 13.2. The van der Waals surface area contributed by atoms with E-state index in [-0.39, 0.29) is 4.87 Å². The summed E-state index contributed by atoms with van der Waals surface area (Å²) in [5.41, 5.74) is 3.93. The summed E-state index contributed by atoms with van der Waals surface area (Å²) < 4.78 is 0. The van der Waals surface area contributed by atoms with Crippen LogP contribution >= 0.6 is 24.0 Å². The number of thiocarbonyl (C=S) groups is 1. The largest absolute Gasteiger partial charge is 0.340 e. The Hall–Kier alpha value is -1.84. The number of fused-ring (bicyclic) bond motifs is 4. The summed E-state index contributed by atoms with van der Waals surface area (Å²) in [7, 11) is 0. The molecule has 5 rings (SSSR count). The predicted octanol–water partition coefficient (Wildman–Crippen LogP) is 5.17. The second kappa shape index (κ2) is 5.33. The first kappa shape index (κ1) is 14.5. The molecule has 0 spiro atoms. The fourth-order valence-electron chi connectivity index (χ4n) is 4.05. The monoisotopic (exact) mass is 347 g/mol. The Morgan fingerprint density at radius 2 is 1.71 bits per heavy atom. The van der Waals surface area contributed by atoms with Crippen LogP contribution in [-0.2, 0) is 4.87 Å². The summed E-state index contributed by atoms with van der Waals surface area (Å²) in [4.78, 5) is 3.30. The molecule has 2 aliphatic heterocycles. The van der Waals surface area contributed by atoms with E-state index in [9.17, 15) is 0 Å². The molecule has 1 saturated heterocycles. The molecule has 1 unspecified atom stereocenters. The van der Waals surface area contributed by atoms with E-state index < -0.39 is 0 Å². The van der Waals surface area contributed by atoms with Gasteiger partial charge in [0, 0.05) is 17.7 Å².